The van der Waals surface area contributed by atoms with Gasteiger partial charge in [0.1, 0.15) is 19.0 Å². The zero-order valence-electron chi connectivity index (χ0n) is 23.3. The van der Waals surface area contributed by atoms with Gasteiger partial charge < -0.3 is 9.47 Å². The Kier molecular flexibility index (Phi) is 12.0. The molecule has 0 heterocycles. The van der Waals surface area contributed by atoms with Gasteiger partial charge >= 0.3 is 11.9 Å². The Bertz CT molecular complexity index is 1430. The maximum Gasteiger partial charge on any atom is 0.378 e. The summed E-state index contributed by atoms with van der Waals surface area (Å²) in [6, 6.07) is 33.4. The fraction of sp³-hybridized carbons (Fsp3) is 0.143. The molecular formula is C35H34O6. The molecule has 4 rings (SSSR count). The molecule has 0 aromatic heterocycles. The molecule has 6 nitrogen and oxygen atoms in total. The van der Waals surface area contributed by atoms with E-state index >= 15 is 0 Å². The first-order valence-corrected chi connectivity index (χ1v) is 13.2. The van der Waals surface area contributed by atoms with Crippen molar-refractivity contribution in [2.24, 2.45) is 0 Å². The summed E-state index contributed by atoms with van der Waals surface area (Å²) in [7, 11) is 0. The zero-order chi connectivity index (χ0) is 29.5. The van der Waals surface area contributed by atoms with Gasteiger partial charge in [-0.3, -0.25) is 4.89 Å². The van der Waals surface area contributed by atoms with Gasteiger partial charge in [-0.15, -0.1) is 0 Å². The lowest BCUT2D eigenvalue weighted by Gasteiger charge is -2.15. The zero-order valence-corrected chi connectivity index (χ0v) is 23.3. The second-order valence-electron chi connectivity index (χ2n) is 9.05. The lowest BCUT2D eigenvalue weighted by atomic mass is 9.96. The highest BCUT2D eigenvalue weighted by Gasteiger charge is 2.10. The summed E-state index contributed by atoms with van der Waals surface area (Å²) in [5.74, 6) is 0.652. The highest BCUT2D eigenvalue weighted by atomic mass is 17.2. The van der Waals surface area contributed by atoms with E-state index in [1.165, 1.54) is 5.56 Å². The van der Waals surface area contributed by atoms with Gasteiger partial charge in [-0.05, 0) is 40.8 Å². The summed E-state index contributed by atoms with van der Waals surface area (Å²) < 4.78 is 10.7. The number of hydrogen-bond acceptors (Lipinski definition) is 6. The van der Waals surface area contributed by atoms with Gasteiger partial charge in [-0.2, -0.15) is 0 Å². The molecule has 41 heavy (non-hydrogen) atoms. The van der Waals surface area contributed by atoms with Crippen molar-refractivity contribution in [1.29, 1.82) is 0 Å². The molecule has 0 aliphatic carbocycles. The van der Waals surface area contributed by atoms with Gasteiger partial charge in [0.25, 0.3) is 0 Å². The second-order valence-corrected chi connectivity index (χ2v) is 9.05. The summed E-state index contributed by atoms with van der Waals surface area (Å²) in [6.07, 6.45) is 2.19. The van der Waals surface area contributed by atoms with Crippen LogP contribution in [-0.2, 0) is 19.2 Å². The molecule has 0 fully saturated rings. The van der Waals surface area contributed by atoms with Crippen molar-refractivity contribution in [1.82, 2.24) is 0 Å². The van der Waals surface area contributed by atoms with Crippen LogP contribution in [0, 0.1) is 0 Å². The number of rotatable bonds is 11. The highest BCUT2D eigenvalue weighted by Crippen LogP contribution is 2.33. The number of carbonyl (C=O) groups is 2. The van der Waals surface area contributed by atoms with Crippen LogP contribution in [-0.4, -0.2) is 25.2 Å². The Morgan fingerprint density at radius 2 is 1.27 bits per heavy atom. The van der Waals surface area contributed by atoms with E-state index in [9.17, 15) is 9.59 Å². The van der Waals surface area contributed by atoms with E-state index in [4.69, 9.17) is 14.4 Å². The molecule has 0 aliphatic heterocycles. The Morgan fingerprint density at radius 1 is 0.683 bits per heavy atom. The summed E-state index contributed by atoms with van der Waals surface area (Å²) in [4.78, 5) is 31.6. The topological polar surface area (TPSA) is 71.1 Å². The monoisotopic (exact) mass is 550 g/mol. The average Bonchev–Trinajstić information content (AvgIpc) is 3.03. The molecule has 0 saturated heterocycles. The van der Waals surface area contributed by atoms with Crippen LogP contribution in [0.15, 0.2) is 128 Å². The third-order valence-electron chi connectivity index (χ3n) is 5.86. The largest absolute Gasteiger partial charge is 0.489 e. The average molecular weight is 551 g/mol. The van der Waals surface area contributed by atoms with E-state index in [-0.39, 0.29) is 6.61 Å². The summed E-state index contributed by atoms with van der Waals surface area (Å²) in [5, 5.41) is 0. The van der Waals surface area contributed by atoms with E-state index in [2.05, 4.69) is 56.2 Å². The molecule has 0 unspecified atom stereocenters. The molecule has 4 aromatic carbocycles. The van der Waals surface area contributed by atoms with Gasteiger partial charge in [0.05, 0.1) is 0 Å². The van der Waals surface area contributed by atoms with Crippen LogP contribution in [0.4, 0.5) is 0 Å². The van der Waals surface area contributed by atoms with Crippen LogP contribution in [0.1, 0.15) is 25.3 Å². The molecule has 0 amide bonds. The van der Waals surface area contributed by atoms with Crippen LogP contribution < -0.4 is 9.62 Å². The predicted molar refractivity (Wildman–Crippen MR) is 161 cm³/mol. The van der Waals surface area contributed by atoms with Gasteiger partial charge in [0.15, 0.2) is 5.75 Å². The minimum atomic E-state index is -0.627. The Morgan fingerprint density at radius 3 is 1.88 bits per heavy atom. The molecule has 0 aliphatic rings. The van der Waals surface area contributed by atoms with Gasteiger partial charge in [-0.25, -0.2) is 14.5 Å². The number of hydrogen-bond donors (Lipinski definition) is 0. The second kappa shape index (κ2) is 16.1. The van der Waals surface area contributed by atoms with Crippen molar-refractivity contribution in [3.05, 3.63) is 134 Å². The van der Waals surface area contributed by atoms with Crippen molar-refractivity contribution in [3.63, 3.8) is 0 Å². The van der Waals surface area contributed by atoms with Crippen LogP contribution in [0.5, 0.6) is 11.5 Å². The number of esters is 1. The number of carbonyl (C=O) groups excluding carboxylic acids is 2. The first-order chi connectivity index (χ1) is 19.9. The minimum absolute atomic E-state index is 0.199. The Labute approximate surface area is 241 Å². The van der Waals surface area contributed by atoms with E-state index in [1.54, 1.807) is 6.07 Å². The fourth-order valence-electron chi connectivity index (χ4n) is 3.74. The quantitative estimate of drug-likeness (QED) is 0.0620. The molecule has 0 N–H and O–H groups in total. The van der Waals surface area contributed by atoms with Gasteiger partial charge in [0, 0.05) is 23.3 Å². The normalized spacial score (nSPS) is 10.0. The summed E-state index contributed by atoms with van der Waals surface area (Å²) in [6.45, 7) is 11.5. The Balaban J connectivity index is 0.000000232. The summed E-state index contributed by atoms with van der Waals surface area (Å²) >= 11 is 0. The van der Waals surface area contributed by atoms with Crippen LogP contribution in [0.2, 0.25) is 0 Å². The van der Waals surface area contributed by atoms with Gasteiger partial charge in [0.2, 0.25) is 0 Å². The first kappa shape index (κ1) is 30.4. The predicted octanol–water partition coefficient (Wildman–Crippen LogP) is 7.96. The van der Waals surface area contributed by atoms with Crippen molar-refractivity contribution in [2.75, 3.05) is 13.2 Å². The molecular weight excluding hydrogens is 516 g/mol. The van der Waals surface area contributed by atoms with E-state index in [0.717, 1.165) is 40.2 Å². The minimum Gasteiger partial charge on any atom is -0.489 e. The Hall–Kier alpha value is -5.10. The van der Waals surface area contributed by atoms with Crippen LogP contribution in [0.25, 0.3) is 22.3 Å². The number of para-hydroxylation sites is 1. The van der Waals surface area contributed by atoms with Crippen LogP contribution >= 0.6 is 0 Å². The van der Waals surface area contributed by atoms with Crippen molar-refractivity contribution in [2.45, 2.75) is 19.8 Å². The standard InChI is InChI=1S/C20H22O3.C15H12O3/c1-4-20(21)23-13-12-22-19-11-10-17(15(2)3)14-18(19)16-8-6-5-7-9-16;1-2-15(16)18-17-14-11-7-6-10-13(14)12-8-4-3-5-9-12/h4-11,14-15H,1,12-13H2,2-3H3;2-11H,1H2. The molecule has 4 aromatic rings. The number of ether oxygens (including phenoxy) is 2. The smallest absolute Gasteiger partial charge is 0.378 e. The van der Waals surface area contributed by atoms with Gasteiger partial charge in [-0.1, -0.05) is 112 Å². The molecule has 0 saturated carbocycles. The van der Waals surface area contributed by atoms with Crippen molar-refractivity contribution < 1.29 is 28.8 Å². The van der Waals surface area contributed by atoms with E-state index < -0.39 is 11.9 Å². The maximum atomic E-state index is 11.0. The number of benzene rings is 4. The summed E-state index contributed by atoms with van der Waals surface area (Å²) in [5.41, 5.74) is 5.26. The lowest BCUT2D eigenvalue weighted by molar-refractivity contribution is -0.206. The van der Waals surface area contributed by atoms with E-state index in [0.29, 0.717) is 18.3 Å². The highest BCUT2D eigenvalue weighted by molar-refractivity contribution is 5.81. The third kappa shape index (κ3) is 9.55. The van der Waals surface area contributed by atoms with Crippen molar-refractivity contribution >= 4 is 11.9 Å². The fourth-order valence-corrected chi connectivity index (χ4v) is 3.74. The first-order valence-electron chi connectivity index (χ1n) is 13.2. The van der Waals surface area contributed by atoms with Crippen LogP contribution in [0.3, 0.4) is 0 Å². The third-order valence-corrected chi connectivity index (χ3v) is 5.86. The molecule has 0 radical (unpaired) electrons. The lowest BCUT2D eigenvalue weighted by Crippen LogP contribution is -2.10. The van der Waals surface area contributed by atoms with Crippen molar-refractivity contribution in [3.8, 4) is 33.8 Å². The SMILES string of the molecule is C=CC(=O)OCCOc1ccc(C(C)C)cc1-c1ccccc1.C=CC(=O)OOc1ccccc1-c1ccccc1. The molecule has 0 bridgehead atoms. The molecule has 210 valence electrons. The molecule has 6 heteroatoms. The molecule has 0 atom stereocenters. The molecule has 0 spiro atoms. The maximum absolute atomic E-state index is 11.0. The van der Waals surface area contributed by atoms with E-state index in [1.807, 2.05) is 72.8 Å².